The van der Waals surface area contributed by atoms with Crippen molar-refractivity contribution in [1.29, 1.82) is 0 Å². The molecule has 0 saturated carbocycles. The molecule has 0 unspecified atom stereocenters. The molecule has 0 bridgehead atoms. The van der Waals surface area contributed by atoms with Crippen molar-refractivity contribution < 1.29 is 9.72 Å². The van der Waals surface area contributed by atoms with Gasteiger partial charge in [0, 0.05) is 34.9 Å². The van der Waals surface area contributed by atoms with Gasteiger partial charge in [-0.15, -0.1) is 0 Å². The van der Waals surface area contributed by atoms with E-state index in [4.69, 9.17) is 0 Å². The molecule has 0 fully saturated rings. The van der Waals surface area contributed by atoms with E-state index in [-0.39, 0.29) is 11.6 Å². The molecule has 1 aliphatic rings. The minimum atomic E-state index is -0.574. The van der Waals surface area contributed by atoms with Gasteiger partial charge in [-0.25, -0.2) is 0 Å². The summed E-state index contributed by atoms with van der Waals surface area (Å²) in [4.78, 5) is 25.4. The standard InChI is InChI=1S/C22H24BrN2O3Si/c1-3-29(4-2)21-13-18(17-6-5-7-19(23)12-17)14-24(15-21)22(26)16-8-10-20(11-9-16)25(27)28/h5-12,14,21H,3-4,13,15H2,1-2H3/t21-/m1/s1. The third-order valence-corrected chi connectivity index (χ3v) is 9.31. The Labute approximate surface area is 181 Å². The van der Waals surface area contributed by atoms with Gasteiger partial charge in [0.2, 0.25) is 0 Å². The molecule has 5 nitrogen and oxygen atoms in total. The van der Waals surface area contributed by atoms with Crippen molar-refractivity contribution in [1.82, 2.24) is 4.90 Å². The maximum Gasteiger partial charge on any atom is 0.269 e. The minimum absolute atomic E-state index is 0.00843. The second kappa shape index (κ2) is 9.50. The number of hydrogen-bond acceptors (Lipinski definition) is 3. The fourth-order valence-electron chi connectivity index (χ4n) is 3.88. The van der Waals surface area contributed by atoms with Crippen LogP contribution in [0, 0.1) is 10.1 Å². The molecule has 1 amide bonds. The van der Waals surface area contributed by atoms with Crippen molar-refractivity contribution in [2.24, 2.45) is 0 Å². The van der Waals surface area contributed by atoms with Crippen LogP contribution in [0.25, 0.3) is 5.57 Å². The highest BCUT2D eigenvalue weighted by atomic mass is 79.9. The van der Waals surface area contributed by atoms with E-state index in [1.54, 1.807) is 12.1 Å². The Balaban J connectivity index is 1.94. The van der Waals surface area contributed by atoms with E-state index < -0.39 is 13.7 Å². The molecular weight excluding hydrogens is 448 g/mol. The van der Waals surface area contributed by atoms with Gasteiger partial charge in [-0.2, -0.15) is 0 Å². The van der Waals surface area contributed by atoms with Gasteiger partial charge in [0.15, 0.2) is 0 Å². The molecule has 3 rings (SSSR count). The van der Waals surface area contributed by atoms with Gasteiger partial charge < -0.3 is 4.90 Å². The Morgan fingerprint density at radius 3 is 2.48 bits per heavy atom. The molecule has 0 saturated heterocycles. The summed E-state index contributed by atoms with van der Waals surface area (Å²) in [5.74, 6) is -0.106. The number of carbonyl (C=O) groups excluding carboxylic acids is 1. The molecule has 1 aliphatic heterocycles. The predicted octanol–water partition coefficient (Wildman–Crippen LogP) is 6.15. The zero-order valence-corrected chi connectivity index (χ0v) is 19.2. The molecule has 7 heteroatoms. The maximum absolute atomic E-state index is 13.2. The Bertz CT molecular complexity index is 926. The quantitative estimate of drug-likeness (QED) is 0.288. The van der Waals surface area contributed by atoms with Crippen LogP contribution in [0.1, 0.15) is 36.2 Å². The van der Waals surface area contributed by atoms with Gasteiger partial charge in [-0.05, 0) is 47.4 Å². The molecule has 1 atom stereocenters. The Morgan fingerprint density at radius 1 is 1.21 bits per heavy atom. The normalized spacial score (nSPS) is 16.6. The minimum Gasteiger partial charge on any atom is -0.315 e. The lowest BCUT2D eigenvalue weighted by Gasteiger charge is -2.35. The number of carbonyl (C=O) groups is 1. The third-order valence-electron chi connectivity index (χ3n) is 5.46. The lowest BCUT2D eigenvalue weighted by molar-refractivity contribution is -0.384. The van der Waals surface area contributed by atoms with Crippen molar-refractivity contribution >= 4 is 41.9 Å². The molecule has 1 heterocycles. The number of allylic oxidation sites excluding steroid dienone is 1. The number of halogens is 1. The summed E-state index contributed by atoms with van der Waals surface area (Å²) in [6.07, 6.45) is 2.95. The fraction of sp³-hybridized carbons (Fsp3) is 0.318. The second-order valence-corrected chi connectivity index (χ2v) is 11.7. The monoisotopic (exact) mass is 471 g/mol. The van der Waals surface area contributed by atoms with Crippen molar-refractivity contribution in [2.75, 3.05) is 6.54 Å². The Kier molecular flexibility index (Phi) is 7.03. The van der Waals surface area contributed by atoms with Crippen molar-refractivity contribution in [2.45, 2.75) is 37.9 Å². The third kappa shape index (κ3) is 5.03. The van der Waals surface area contributed by atoms with Crippen LogP contribution in [0.3, 0.4) is 0 Å². The Morgan fingerprint density at radius 2 is 1.90 bits per heavy atom. The maximum atomic E-state index is 13.2. The average Bonchev–Trinajstić information content (AvgIpc) is 2.74. The number of nitrogens with zero attached hydrogens (tertiary/aromatic N) is 2. The first kappa shape index (κ1) is 21.5. The van der Waals surface area contributed by atoms with Crippen molar-refractivity contribution in [3.05, 3.63) is 80.4 Å². The lowest BCUT2D eigenvalue weighted by atomic mass is 9.98. The second-order valence-electron chi connectivity index (χ2n) is 7.19. The lowest BCUT2D eigenvalue weighted by Crippen LogP contribution is -2.37. The number of hydrogen-bond donors (Lipinski definition) is 0. The molecule has 0 N–H and O–H groups in total. The molecule has 0 aliphatic carbocycles. The van der Waals surface area contributed by atoms with Crippen LogP contribution in [-0.2, 0) is 0 Å². The molecule has 29 heavy (non-hydrogen) atoms. The van der Waals surface area contributed by atoms with E-state index in [9.17, 15) is 14.9 Å². The number of amides is 1. The number of non-ortho nitro benzene ring substituents is 1. The molecule has 0 spiro atoms. The van der Waals surface area contributed by atoms with Crippen LogP contribution in [0.5, 0.6) is 0 Å². The topological polar surface area (TPSA) is 63.5 Å². The SMILES string of the molecule is CC[Si](CC)[C@@H]1CC(c2cccc(Br)c2)=CN(C(=O)c2ccc([N+](=O)[O-])cc2)C1. The summed E-state index contributed by atoms with van der Waals surface area (Å²) in [6.45, 7) is 5.21. The Hall–Kier alpha value is -2.25. The highest BCUT2D eigenvalue weighted by Crippen LogP contribution is 2.36. The van der Waals surface area contributed by atoms with Crippen LogP contribution in [0.4, 0.5) is 5.69 Å². The summed E-state index contributed by atoms with van der Waals surface area (Å²) in [6, 6.07) is 16.4. The number of nitro benzene ring substituents is 1. The average molecular weight is 472 g/mol. The smallest absolute Gasteiger partial charge is 0.269 e. The summed E-state index contributed by atoms with van der Waals surface area (Å²) in [5.41, 5.74) is 3.24. The van der Waals surface area contributed by atoms with Crippen LogP contribution < -0.4 is 0 Å². The van der Waals surface area contributed by atoms with E-state index in [1.807, 2.05) is 23.2 Å². The van der Waals surface area contributed by atoms with Gasteiger partial charge in [-0.3, -0.25) is 14.9 Å². The highest BCUT2D eigenvalue weighted by Gasteiger charge is 2.30. The van der Waals surface area contributed by atoms with Gasteiger partial charge >= 0.3 is 0 Å². The first-order valence-corrected chi connectivity index (χ1v) is 12.6. The summed E-state index contributed by atoms with van der Waals surface area (Å²) in [7, 11) is -0.574. The van der Waals surface area contributed by atoms with E-state index in [2.05, 4.69) is 41.9 Å². The van der Waals surface area contributed by atoms with Crippen LogP contribution in [0.15, 0.2) is 59.2 Å². The highest BCUT2D eigenvalue weighted by molar-refractivity contribution is 9.10. The van der Waals surface area contributed by atoms with Gasteiger partial charge in [0.25, 0.3) is 11.6 Å². The number of benzene rings is 2. The molecule has 1 radical (unpaired) electrons. The number of nitro groups is 1. The van der Waals surface area contributed by atoms with Crippen LogP contribution >= 0.6 is 15.9 Å². The molecule has 151 valence electrons. The molecule has 0 aromatic heterocycles. The zero-order chi connectivity index (χ0) is 21.0. The summed E-state index contributed by atoms with van der Waals surface area (Å²) in [5, 5.41) is 10.9. The zero-order valence-electron chi connectivity index (χ0n) is 16.6. The van der Waals surface area contributed by atoms with E-state index >= 15 is 0 Å². The molecular formula is C22H24BrN2O3Si. The van der Waals surface area contributed by atoms with E-state index in [1.165, 1.54) is 29.8 Å². The first-order chi connectivity index (χ1) is 13.9. The van der Waals surface area contributed by atoms with Crippen molar-refractivity contribution in [3.8, 4) is 0 Å². The van der Waals surface area contributed by atoms with Crippen LogP contribution in [-0.4, -0.2) is 31.1 Å². The molecule has 2 aromatic rings. The van der Waals surface area contributed by atoms with Crippen molar-refractivity contribution in [3.63, 3.8) is 0 Å². The fourth-order valence-corrected chi connectivity index (χ4v) is 6.89. The summed E-state index contributed by atoms with van der Waals surface area (Å²) < 4.78 is 1.02. The van der Waals surface area contributed by atoms with Gasteiger partial charge in [-0.1, -0.05) is 54.0 Å². The number of rotatable bonds is 6. The largest absolute Gasteiger partial charge is 0.315 e. The van der Waals surface area contributed by atoms with Gasteiger partial charge in [0.1, 0.15) is 0 Å². The van der Waals surface area contributed by atoms with Gasteiger partial charge in [0.05, 0.1) is 13.7 Å². The van der Waals surface area contributed by atoms with E-state index in [0.717, 1.165) is 16.5 Å². The predicted molar refractivity (Wildman–Crippen MR) is 121 cm³/mol. The summed E-state index contributed by atoms with van der Waals surface area (Å²) >= 11 is 3.54. The first-order valence-electron chi connectivity index (χ1n) is 9.79. The van der Waals surface area contributed by atoms with Crippen LogP contribution in [0.2, 0.25) is 17.6 Å². The molecule has 2 aromatic carbocycles. The van der Waals surface area contributed by atoms with E-state index in [0.29, 0.717) is 17.6 Å².